The molecule has 0 radical (unpaired) electrons. The fourth-order valence-electron chi connectivity index (χ4n) is 3.81. The van der Waals surface area contributed by atoms with E-state index >= 15 is 0 Å². The summed E-state index contributed by atoms with van der Waals surface area (Å²) in [6, 6.07) is 14.8. The molecule has 0 saturated carbocycles. The zero-order valence-electron chi connectivity index (χ0n) is 20.0. The van der Waals surface area contributed by atoms with Crippen LogP contribution in [0.25, 0.3) is 0 Å². The minimum Gasteiger partial charge on any atom is -0.355 e. The Morgan fingerprint density at radius 3 is 2.25 bits per heavy atom. The predicted octanol–water partition coefficient (Wildman–Crippen LogP) is 3.99. The van der Waals surface area contributed by atoms with Crippen molar-refractivity contribution in [1.82, 2.24) is 15.5 Å². The maximum Gasteiger partial charge on any atom is 0.253 e. The fourth-order valence-corrected chi connectivity index (χ4v) is 3.81. The van der Waals surface area contributed by atoms with E-state index in [-0.39, 0.29) is 28.8 Å². The average molecular weight is 442 g/mol. The second-order valence-corrected chi connectivity index (χ2v) is 9.55. The molecule has 0 heterocycles. The van der Waals surface area contributed by atoms with E-state index in [1.54, 1.807) is 6.07 Å². The first-order valence-electron chi connectivity index (χ1n) is 11.0. The largest absolute Gasteiger partial charge is 0.355 e. The third kappa shape index (κ3) is 7.16. The highest BCUT2D eigenvalue weighted by Crippen LogP contribution is 2.37. The number of carbonyl (C=O) groups excluding carboxylic acids is 2. The summed E-state index contributed by atoms with van der Waals surface area (Å²) < 4.78 is 14.3. The summed E-state index contributed by atoms with van der Waals surface area (Å²) in [6.45, 7) is 6.91. The molecule has 2 amide bonds. The van der Waals surface area contributed by atoms with Crippen LogP contribution < -0.4 is 10.6 Å². The highest BCUT2D eigenvalue weighted by atomic mass is 19.1. The Morgan fingerprint density at radius 1 is 1.06 bits per heavy atom. The molecule has 2 aromatic carbocycles. The molecule has 2 atom stereocenters. The highest BCUT2D eigenvalue weighted by molar-refractivity contribution is 5.94. The standard InChI is InChI=1S/C26H36FN3O2/c1-26(2,3)22(19-10-8-7-9-11-19)16-24(31)29-17-20(30(5)6)14-18-12-13-21(23(27)15-18)25(32)28-4/h7-13,15,20,22H,14,16-17H2,1-6H3,(H,28,32)(H,29,31)/t20-,22-/m0/s1. The van der Waals surface area contributed by atoms with Crippen LogP contribution in [0.3, 0.4) is 0 Å². The van der Waals surface area contributed by atoms with Crippen LogP contribution in [0.5, 0.6) is 0 Å². The zero-order valence-corrected chi connectivity index (χ0v) is 20.0. The van der Waals surface area contributed by atoms with Gasteiger partial charge in [0.15, 0.2) is 0 Å². The van der Waals surface area contributed by atoms with Gasteiger partial charge < -0.3 is 15.5 Å². The molecule has 6 heteroatoms. The van der Waals surface area contributed by atoms with Crippen LogP contribution >= 0.6 is 0 Å². The van der Waals surface area contributed by atoms with Crippen LogP contribution in [0, 0.1) is 11.2 Å². The lowest BCUT2D eigenvalue weighted by Crippen LogP contribution is -2.42. The van der Waals surface area contributed by atoms with Crippen LogP contribution in [0.2, 0.25) is 0 Å². The molecule has 0 spiro atoms. The summed E-state index contributed by atoms with van der Waals surface area (Å²) in [5, 5.41) is 5.51. The van der Waals surface area contributed by atoms with Gasteiger partial charge in [-0.15, -0.1) is 0 Å². The van der Waals surface area contributed by atoms with Crippen molar-refractivity contribution in [3.63, 3.8) is 0 Å². The number of rotatable bonds is 9. The molecule has 0 aromatic heterocycles. The lowest BCUT2D eigenvalue weighted by molar-refractivity contribution is -0.122. The third-order valence-electron chi connectivity index (χ3n) is 5.88. The smallest absolute Gasteiger partial charge is 0.253 e. The SMILES string of the molecule is CNC(=O)c1ccc(C[C@@H](CNC(=O)C[C@@H](c2ccccc2)C(C)(C)C)N(C)C)cc1F. The minimum atomic E-state index is -0.542. The zero-order chi connectivity index (χ0) is 23.9. The molecule has 2 rings (SSSR count). The van der Waals surface area contributed by atoms with Crippen molar-refractivity contribution in [2.75, 3.05) is 27.7 Å². The van der Waals surface area contributed by atoms with E-state index in [1.165, 1.54) is 19.2 Å². The van der Waals surface area contributed by atoms with E-state index in [4.69, 9.17) is 0 Å². The van der Waals surface area contributed by atoms with Crippen LogP contribution in [0.15, 0.2) is 48.5 Å². The molecule has 0 saturated heterocycles. The second kappa shape index (κ2) is 11.2. The van der Waals surface area contributed by atoms with Crippen molar-refractivity contribution in [1.29, 1.82) is 0 Å². The molecular weight excluding hydrogens is 405 g/mol. The summed E-state index contributed by atoms with van der Waals surface area (Å²) >= 11 is 0. The number of nitrogens with one attached hydrogen (secondary N) is 2. The number of nitrogens with zero attached hydrogens (tertiary/aromatic N) is 1. The van der Waals surface area contributed by atoms with E-state index in [0.717, 1.165) is 11.1 Å². The summed E-state index contributed by atoms with van der Waals surface area (Å²) in [4.78, 5) is 26.6. The first-order valence-corrected chi connectivity index (χ1v) is 11.0. The van der Waals surface area contributed by atoms with Crippen molar-refractivity contribution in [2.24, 2.45) is 5.41 Å². The Labute approximate surface area is 191 Å². The van der Waals surface area contributed by atoms with Crippen molar-refractivity contribution >= 4 is 11.8 Å². The van der Waals surface area contributed by atoms with Gasteiger partial charge in [0.25, 0.3) is 5.91 Å². The first kappa shape index (κ1) is 25.5. The molecular formula is C26H36FN3O2. The number of hydrogen-bond acceptors (Lipinski definition) is 3. The lowest BCUT2D eigenvalue weighted by Gasteiger charge is -2.31. The number of halogens is 1. The molecule has 0 bridgehead atoms. The molecule has 0 aliphatic rings. The Bertz CT molecular complexity index is 907. The maximum atomic E-state index is 14.3. The van der Waals surface area contributed by atoms with Crippen molar-refractivity contribution in [2.45, 2.75) is 45.6 Å². The van der Waals surface area contributed by atoms with E-state index < -0.39 is 11.7 Å². The number of carbonyl (C=O) groups is 2. The maximum absolute atomic E-state index is 14.3. The number of hydrogen-bond donors (Lipinski definition) is 2. The molecule has 0 fully saturated rings. The quantitative estimate of drug-likeness (QED) is 0.619. The summed E-state index contributed by atoms with van der Waals surface area (Å²) in [5.74, 6) is -0.883. The van der Waals surface area contributed by atoms with Crippen molar-refractivity contribution in [3.8, 4) is 0 Å². The normalized spacial score (nSPS) is 13.5. The minimum absolute atomic E-state index is 0.00164. The van der Waals surface area contributed by atoms with E-state index in [2.05, 4.69) is 43.5 Å². The van der Waals surface area contributed by atoms with Crippen LogP contribution in [-0.2, 0) is 11.2 Å². The lowest BCUT2D eigenvalue weighted by atomic mass is 9.74. The number of amides is 2. The number of benzene rings is 2. The Hall–Kier alpha value is -2.73. The molecule has 5 nitrogen and oxygen atoms in total. The van der Waals surface area contributed by atoms with Crippen LogP contribution in [0.4, 0.5) is 4.39 Å². The summed E-state index contributed by atoms with van der Waals surface area (Å²) in [5.41, 5.74) is 1.91. The van der Waals surface area contributed by atoms with E-state index in [9.17, 15) is 14.0 Å². The van der Waals surface area contributed by atoms with Gasteiger partial charge in [-0.05, 0) is 55.1 Å². The number of likely N-dealkylation sites (N-methyl/N-ethyl adjacent to an activating group) is 1. The van der Waals surface area contributed by atoms with E-state index in [1.807, 2.05) is 37.2 Å². The molecule has 0 aliphatic heterocycles. The molecule has 32 heavy (non-hydrogen) atoms. The highest BCUT2D eigenvalue weighted by Gasteiger charge is 2.28. The second-order valence-electron chi connectivity index (χ2n) is 9.55. The van der Waals surface area contributed by atoms with Crippen molar-refractivity contribution < 1.29 is 14.0 Å². The van der Waals surface area contributed by atoms with Gasteiger partial charge in [-0.25, -0.2) is 4.39 Å². The van der Waals surface area contributed by atoms with Crippen LogP contribution in [-0.4, -0.2) is 50.4 Å². The van der Waals surface area contributed by atoms with Gasteiger partial charge in [-0.2, -0.15) is 0 Å². The van der Waals surface area contributed by atoms with Gasteiger partial charge >= 0.3 is 0 Å². The summed E-state index contributed by atoms with van der Waals surface area (Å²) in [7, 11) is 5.35. The average Bonchev–Trinajstić information content (AvgIpc) is 2.74. The Morgan fingerprint density at radius 2 is 1.72 bits per heavy atom. The van der Waals surface area contributed by atoms with Gasteiger partial charge in [0.1, 0.15) is 5.82 Å². The fraction of sp³-hybridized carbons (Fsp3) is 0.462. The molecule has 2 N–H and O–H groups in total. The van der Waals surface area contributed by atoms with E-state index in [0.29, 0.717) is 19.4 Å². The van der Waals surface area contributed by atoms with Crippen molar-refractivity contribution in [3.05, 3.63) is 71.0 Å². The van der Waals surface area contributed by atoms with Gasteiger partial charge in [-0.1, -0.05) is 57.2 Å². The van der Waals surface area contributed by atoms with Gasteiger partial charge in [0.05, 0.1) is 5.56 Å². The van der Waals surface area contributed by atoms with Crippen LogP contribution in [0.1, 0.15) is 54.6 Å². The topological polar surface area (TPSA) is 61.4 Å². The molecule has 174 valence electrons. The molecule has 0 aliphatic carbocycles. The Balaban J connectivity index is 2.03. The van der Waals surface area contributed by atoms with Gasteiger partial charge in [0.2, 0.25) is 5.91 Å². The predicted molar refractivity (Wildman–Crippen MR) is 127 cm³/mol. The van der Waals surface area contributed by atoms with Gasteiger partial charge in [-0.3, -0.25) is 9.59 Å². The molecule has 0 unspecified atom stereocenters. The Kier molecular flexibility index (Phi) is 8.96. The third-order valence-corrected chi connectivity index (χ3v) is 5.88. The monoisotopic (exact) mass is 441 g/mol. The summed E-state index contributed by atoms with van der Waals surface area (Å²) in [6.07, 6.45) is 0.961. The van der Waals surface area contributed by atoms with Gasteiger partial charge in [0, 0.05) is 26.1 Å². The first-order chi connectivity index (χ1) is 15.0. The molecule has 2 aromatic rings.